The lowest BCUT2D eigenvalue weighted by Crippen LogP contribution is -2.30. The molecule has 2 amide bonds. The van der Waals surface area contributed by atoms with Gasteiger partial charge >= 0.3 is 12.1 Å². The number of carbonyl (C=O) groups is 3. The van der Waals surface area contributed by atoms with Gasteiger partial charge in [-0.1, -0.05) is 12.1 Å². The monoisotopic (exact) mass is 406 g/mol. The Bertz CT molecular complexity index is 905. The van der Waals surface area contributed by atoms with Crippen molar-refractivity contribution in [3.8, 4) is 0 Å². The lowest BCUT2D eigenvalue weighted by atomic mass is 10.1. The van der Waals surface area contributed by atoms with Gasteiger partial charge in [-0.25, -0.2) is 0 Å². The van der Waals surface area contributed by atoms with E-state index in [0.29, 0.717) is 11.3 Å². The number of alkyl halides is 3. The number of hydrogen-bond acceptors (Lipinski definition) is 4. The van der Waals surface area contributed by atoms with E-state index < -0.39 is 29.5 Å². The van der Waals surface area contributed by atoms with Gasteiger partial charge in [-0.2, -0.15) is 13.2 Å². The Labute approximate surface area is 164 Å². The summed E-state index contributed by atoms with van der Waals surface area (Å²) >= 11 is 0. The first-order chi connectivity index (χ1) is 13.7. The second-order valence-corrected chi connectivity index (χ2v) is 5.78. The number of esters is 1. The zero-order valence-corrected chi connectivity index (χ0v) is 15.2. The molecule has 0 saturated carbocycles. The summed E-state index contributed by atoms with van der Waals surface area (Å²) in [6, 6.07) is 10.3. The van der Waals surface area contributed by atoms with Crippen LogP contribution >= 0.6 is 0 Å². The smallest absolute Gasteiger partial charge is 0.416 e. The number of benzene rings is 2. The fourth-order valence-electron chi connectivity index (χ4n) is 2.17. The van der Waals surface area contributed by atoms with Crippen LogP contribution in [0.2, 0.25) is 0 Å². The molecule has 0 spiro atoms. The third kappa shape index (κ3) is 6.80. The molecule has 29 heavy (non-hydrogen) atoms. The first-order valence-corrected chi connectivity index (χ1v) is 8.30. The molecule has 6 nitrogen and oxygen atoms in total. The highest BCUT2D eigenvalue weighted by molar-refractivity contribution is 6.02. The largest absolute Gasteiger partial charge is 0.468 e. The Kier molecular flexibility index (Phi) is 7.13. The van der Waals surface area contributed by atoms with E-state index in [4.69, 9.17) is 0 Å². The van der Waals surface area contributed by atoms with Gasteiger partial charge in [0, 0.05) is 17.3 Å². The molecule has 2 aromatic carbocycles. The van der Waals surface area contributed by atoms with Gasteiger partial charge in [0.25, 0.3) is 5.91 Å². The highest BCUT2D eigenvalue weighted by Crippen LogP contribution is 2.29. The van der Waals surface area contributed by atoms with Crippen LogP contribution in [0.4, 0.5) is 18.9 Å². The summed E-state index contributed by atoms with van der Waals surface area (Å²) in [7, 11) is 1.21. The summed E-state index contributed by atoms with van der Waals surface area (Å²) in [6.45, 7) is -0.261. The van der Waals surface area contributed by atoms with Crippen molar-refractivity contribution < 1.29 is 32.3 Å². The summed E-state index contributed by atoms with van der Waals surface area (Å²) in [5.74, 6) is -1.55. The summed E-state index contributed by atoms with van der Waals surface area (Å²) < 4.78 is 42.0. The average Bonchev–Trinajstić information content (AvgIpc) is 2.70. The number of hydrogen-bond donors (Lipinski definition) is 2. The van der Waals surface area contributed by atoms with Gasteiger partial charge in [-0.15, -0.1) is 0 Å². The zero-order chi connectivity index (χ0) is 21.4. The Balaban J connectivity index is 1.91. The standard InChI is InChI=1S/C20H17F3N2O4/c1-29-18(27)12-24-19(28)14-5-9-16(10-6-14)25-17(26)11-4-13-2-7-15(8-3-13)20(21,22)23/h2-11H,12H2,1H3,(H,24,28)(H,25,26)/b11-4+. The van der Waals surface area contributed by atoms with Crippen molar-refractivity contribution in [1.29, 1.82) is 0 Å². The van der Waals surface area contributed by atoms with Crippen LogP contribution in [0.5, 0.6) is 0 Å². The second-order valence-electron chi connectivity index (χ2n) is 5.78. The summed E-state index contributed by atoms with van der Waals surface area (Å²) in [4.78, 5) is 34.8. The van der Waals surface area contributed by atoms with Crippen LogP contribution in [0, 0.1) is 0 Å². The van der Waals surface area contributed by atoms with E-state index in [0.717, 1.165) is 12.1 Å². The van der Waals surface area contributed by atoms with Crippen molar-refractivity contribution in [2.75, 3.05) is 19.0 Å². The number of nitrogens with one attached hydrogen (secondary N) is 2. The maximum atomic E-state index is 12.5. The molecule has 0 radical (unpaired) electrons. The van der Waals surface area contributed by atoms with E-state index in [1.807, 2.05) is 0 Å². The molecule has 0 aliphatic rings. The minimum Gasteiger partial charge on any atom is -0.468 e. The summed E-state index contributed by atoms with van der Waals surface area (Å²) in [5, 5.41) is 4.94. The van der Waals surface area contributed by atoms with E-state index in [1.54, 1.807) is 0 Å². The minimum atomic E-state index is -4.41. The highest BCUT2D eigenvalue weighted by Gasteiger charge is 2.29. The van der Waals surface area contributed by atoms with E-state index in [2.05, 4.69) is 15.4 Å². The molecule has 2 rings (SSSR count). The molecule has 0 aliphatic carbocycles. The van der Waals surface area contributed by atoms with Gasteiger partial charge in [-0.3, -0.25) is 14.4 Å². The molecule has 0 aliphatic heterocycles. The molecule has 0 bridgehead atoms. The van der Waals surface area contributed by atoms with Crippen LogP contribution < -0.4 is 10.6 Å². The molecule has 0 saturated heterocycles. The fourth-order valence-corrected chi connectivity index (χ4v) is 2.17. The Morgan fingerprint density at radius 1 is 1.00 bits per heavy atom. The molecule has 0 aromatic heterocycles. The van der Waals surface area contributed by atoms with Crippen LogP contribution in [-0.2, 0) is 20.5 Å². The number of amides is 2. The van der Waals surface area contributed by atoms with Crippen molar-refractivity contribution in [3.05, 3.63) is 71.3 Å². The van der Waals surface area contributed by atoms with Crippen LogP contribution in [0.3, 0.4) is 0 Å². The van der Waals surface area contributed by atoms with E-state index in [1.165, 1.54) is 55.7 Å². The number of ether oxygens (including phenoxy) is 1. The molecule has 2 aromatic rings. The number of halogens is 3. The number of anilines is 1. The quantitative estimate of drug-likeness (QED) is 0.570. The molecule has 0 unspecified atom stereocenters. The normalized spacial score (nSPS) is 11.2. The molecule has 0 heterocycles. The molecule has 0 fully saturated rings. The maximum absolute atomic E-state index is 12.5. The van der Waals surface area contributed by atoms with Crippen LogP contribution in [0.1, 0.15) is 21.5 Å². The lowest BCUT2D eigenvalue weighted by Gasteiger charge is -2.06. The van der Waals surface area contributed by atoms with Crippen molar-refractivity contribution in [2.45, 2.75) is 6.18 Å². The lowest BCUT2D eigenvalue weighted by molar-refractivity contribution is -0.139. The van der Waals surface area contributed by atoms with Crippen molar-refractivity contribution in [1.82, 2.24) is 5.32 Å². The third-order valence-corrected chi connectivity index (χ3v) is 3.70. The highest BCUT2D eigenvalue weighted by atomic mass is 19.4. The summed E-state index contributed by atoms with van der Waals surface area (Å²) in [6.07, 6.45) is -1.86. The predicted octanol–water partition coefficient (Wildman–Crippen LogP) is 3.26. The fraction of sp³-hybridized carbons (Fsp3) is 0.150. The van der Waals surface area contributed by atoms with Crippen molar-refractivity contribution in [2.24, 2.45) is 0 Å². The second kappa shape index (κ2) is 9.54. The average molecular weight is 406 g/mol. The van der Waals surface area contributed by atoms with E-state index >= 15 is 0 Å². The van der Waals surface area contributed by atoms with Gasteiger partial charge in [0.1, 0.15) is 6.54 Å². The van der Waals surface area contributed by atoms with Crippen LogP contribution in [-0.4, -0.2) is 31.4 Å². The SMILES string of the molecule is COC(=O)CNC(=O)c1ccc(NC(=O)/C=C/c2ccc(C(F)(F)F)cc2)cc1. The molecule has 0 atom stereocenters. The van der Waals surface area contributed by atoms with Crippen molar-refractivity contribution in [3.63, 3.8) is 0 Å². The third-order valence-electron chi connectivity index (χ3n) is 3.70. The van der Waals surface area contributed by atoms with Crippen molar-refractivity contribution >= 4 is 29.5 Å². The van der Waals surface area contributed by atoms with Gasteiger partial charge in [0.15, 0.2) is 0 Å². The molecule has 2 N–H and O–H groups in total. The van der Waals surface area contributed by atoms with Crippen LogP contribution in [0.15, 0.2) is 54.6 Å². The van der Waals surface area contributed by atoms with Gasteiger partial charge in [0.05, 0.1) is 12.7 Å². The predicted molar refractivity (Wildman–Crippen MR) is 99.9 cm³/mol. The van der Waals surface area contributed by atoms with Gasteiger partial charge in [0.2, 0.25) is 5.91 Å². The van der Waals surface area contributed by atoms with Crippen LogP contribution in [0.25, 0.3) is 6.08 Å². The molecular formula is C20H17F3N2O4. The van der Waals surface area contributed by atoms with Gasteiger partial charge < -0.3 is 15.4 Å². The zero-order valence-electron chi connectivity index (χ0n) is 15.2. The summed E-state index contributed by atoms with van der Waals surface area (Å²) in [5.41, 5.74) is 0.365. The Morgan fingerprint density at radius 3 is 2.17 bits per heavy atom. The molecular weight excluding hydrogens is 389 g/mol. The maximum Gasteiger partial charge on any atom is 0.416 e. The topological polar surface area (TPSA) is 84.5 Å². The first kappa shape index (κ1) is 21.7. The minimum absolute atomic E-state index is 0.261. The molecule has 9 heteroatoms. The van der Waals surface area contributed by atoms with E-state index in [-0.39, 0.29) is 12.1 Å². The molecule has 152 valence electrons. The number of methoxy groups -OCH3 is 1. The number of rotatable bonds is 6. The first-order valence-electron chi connectivity index (χ1n) is 8.30. The Hall–Kier alpha value is -3.62. The van der Waals surface area contributed by atoms with Gasteiger partial charge in [-0.05, 0) is 48.0 Å². The van der Waals surface area contributed by atoms with E-state index in [9.17, 15) is 27.6 Å². The Morgan fingerprint density at radius 2 is 1.62 bits per heavy atom. The number of carbonyl (C=O) groups excluding carboxylic acids is 3.